The minimum atomic E-state index is -1.18. The smallest absolute Gasteiger partial charge is 0.348 e. The van der Waals surface area contributed by atoms with E-state index in [9.17, 15) is 9.59 Å². The van der Waals surface area contributed by atoms with E-state index in [1.807, 2.05) is 48.5 Å². The molecular formula is C20H18O4. The highest BCUT2D eigenvalue weighted by Crippen LogP contribution is 2.26. The van der Waals surface area contributed by atoms with E-state index in [-0.39, 0.29) is 5.57 Å². The first kappa shape index (κ1) is 16.0. The second-order valence-corrected chi connectivity index (χ2v) is 5.77. The van der Waals surface area contributed by atoms with E-state index in [2.05, 4.69) is 0 Å². The number of allylic oxidation sites excluding steroid dienone is 2. The highest BCUT2D eigenvalue weighted by Gasteiger charge is 2.40. The average Bonchev–Trinajstić information content (AvgIpc) is 2.57. The van der Waals surface area contributed by atoms with Crippen LogP contribution in [0.1, 0.15) is 25.8 Å². The summed E-state index contributed by atoms with van der Waals surface area (Å²) in [5, 5.41) is 2.23. The van der Waals surface area contributed by atoms with Crippen LogP contribution >= 0.6 is 0 Å². The van der Waals surface area contributed by atoms with Crippen LogP contribution in [0.4, 0.5) is 0 Å². The van der Waals surface area contributed by atoms with Crippen LogP contribution < -0.4 is 0 Å². The maximum absolute atomic E-state index is 12.0. The van der Waals surface area contributed by atoms with Gasteiger partial charge in [0, 0.05) is 13.3 Å². The third kappa shape index (κ3) is 3.08. The van der Waals surface area contributed by atoms with Crippen molar-refractivity contribution in [2.75, 3.05) is 0 Å². The summed E-state index contributed by atoms with van der Waals surface area (Å²) in [6, 6.07) is 14.0. The Labute approximate surface area is 140 Å². The van der Waals surface area contributed by atoms with Crippen molar-refractivity contribution in [3.63, 3.8) is 0 Å². The minimum Gasteiger partial charge on any atom is -0.419 e. The minimum absolute atomic E-state index is 0.0996. The molecule has 122 valence electrons. The molecule has 1 saturated heterocycles. The van der Waals surface area contributed by atoms with E-state index >= 15 is 0 Å². The number of carbonyl (C=O) groups is 2. The number of rotatable bonds is 3. The molecule has 2 aromatic rings. The van der Waals surface area contributed by atoms with Gasteiger partial charge in [0.15, 0.2) is 0 Å². The Morgan fingerprint density at radius 3 is 2.38 bits per heavy atom. The standard InChI is InChI=1S/C20H18O4/c1-3-20(2)23-18(21)17(19(22)24-20)13-7-11-15-10-6-9-14-8-4-5-12-16(14)15/h4-13H,3H2,1-2H3. The van der Waals surface area contributed by atoms with Gasteiger partial charge in [-0.1, -0.05) is 61.5 Å². The maximum Gasteiger partial charge on any atom is 0.348 e. The molecule has 0 N–H and O–H groups in total. The van der Waals surface area contributed by atoms with Crippen molar-refractivity contribution in [2.24, 2.45) is 0 Å². The van der Waals surface area contributed by atoms with E-state index in [1.165, 1.54) is 6.08 Å². The molecule has 0 saturated carbocycles. The van der Waals surface area contributed by atoms with Gasteiger partial charge in [-0.3, -0.25) is 0 Å². The normalized spacial score (nSPS) is 21.0. The predicted molar refractivity (Wildman–Crippen MR) is 91.9 cm³/mol. The Morgan fingerprint density at radius 2 is 1.67 bits per heavy atom. The quantitative estimate of drug-likeness (QED) is 0.487. The SMILES string of the molecule is CCC1(C)OC(=O)C(=CC=Cc2cccc3ccccc23)C(=O)O1. The molecule has 1 aliphatic rings. The van der Waals surface area contributed by atoms with Crippen LogP contribution in [0.25, 0.3) is 16.8 Å². The van der Waals surface area contributed by atoms with Crippen LogP contribution in [0, 0.1) is 0 Å². The predicted octanol–water partition coefficient (Wildman–Crippen LogP) is 4.01. The van der Waals surface area contributed by atoms with Gasteiger partial charge >= 0.3 is 11.9 Å². The summed E-state index contributed by atoms with van der Waals surface area (Å²) in [5.74, 6) is -2.48. The summed E-state index contributed by atoms with van der Waals surface area (Å²) in [4.78, 5) is 24.0. The summed E-state index contributed by atoms with van der Waals surface area (Å²) in [6.07, 6.45) is 5.35. The molecule has 0 spiro atoms. The number of hydrogen-bond acceptors (Lipinski definition) is 4. The summed E-state index contributed by atoms with van der Waals surface area (Å²) in [7, 11) is 0. The van der Waals surface area contributed by atoms with E-state index in [4.69, 9.17) is 9.47 Å². The van der Waals surface area contributed by atoms with Crippen molar-refractivity contribution < 1.29 is 19.1 Å². The molecule has 1 heterocycles. The van der Waals surface area contributed by atoms with Gasteiger partial charge < -0.3 is 9.47 Å². The van der Waals surface area contributed by atoms with Gasteiger partial charge in [0.05, 0.1) is 0 Å². The van der Waals surface area contributed by atoms with Crippen molar-refractivity contribution in [3.05, 3.63) is 65.8 Å². The van der Waals surface area contributed by atoms with Gasteiger partial charge in [0.25, 0.3) is 5.79 Å². The Bertz CT molecular complexity index is 836. The fourth-order valence-corrected chi connectivity index (χ4v) is 2.53. The maximum atomic E-state index is 12.0. The highest BCUT2D eigenvalue weighted by atomic mass is 16.7. The molecular weight excluding hydrogens is 304 g/mol. The Morgan fingerprint density at radius 1 is 1.00 bits per heavy atom. The largest absolute Gasteiger partial charge is 0.419 e. The molecule has 4 nitrogen and oxygen atoms in total. The first-order valence-electron chi connectivity index (χ1n) is 7.85. The first-order valence-corrected chi connectivity index (χ1v) is 7.85. The summed E-state index contributed by atoms with van der Waals surface area (Å²) < 4.78 is 10.4. The number of ether oxygens (including phenoxy) is 2. The van der Waals surface area contributed by atoms with Crippen LogP contribution in [0.5, 0.6) is 0 Å². The van der Waals surface area contributed by atoms with Gasteiger partial charge in [0.2, 0.25) is 0 Å². The molecule has 0 atom stereocenters. The molecule has 0 radical (unpaired) electrons. The lowest BCUT2D eigenvalue weighted by Gasteiger charge is -2.32. The number of hydrogen-bond donors (Lipinski definition) is 0. The second kappa shape index (κ2) is 6.32. The van der Waals surface area contributed by atoms with Crippen molar-refractivity contribution in [3.8, 4) is 0 Å². The molecule has 1 aliphatic heterocycles. The lowest BCUT2D eigenvalue weighted by Crippen LogP contribution is -2.43. The van der Waals surface area contributed by atoms with Crippen LogP contribution in [-0.2, 0) is 19.1 Å². The molecule has 2 aromatic carbocycles. The zero-order chi connectivity index (χ0) is 17.2. The average molecular weight is 322 g/mol. The molecule has 0 unspecified atom stereocenters. The zero-order valence-electron chi connectivity index (χ0n) is 13.6. The topological polar surface area (TPSA) is 52.6 Å². The number of esters is 2. The van der Waals surface area contributed by atoms with Crippen molar-refractivity contribution in [1.29, 1.82) is 0 Å². The van der Waals surface area contributed by atoms with Gasteiger partial charge in [-0.15, -0.1) is 0 Å². The van der Waals surface area contributed by atoms with Gasteiger partial charge in [-0.25, -0.2) is 9.59 Å². The van der Waals surface area contributed by atoms with E-state index in [1.54, 1.807) is 19.9 Å². The lowest BCUT2D eigenvalue weighted by atomic mass is 10.0. The molecule has 0 bridgehead atoms. The van der Waals surface area contributed by atoms with Crippen LogP contribution in [0.2, 0.25) is 0 Å². The number of fused-ring (bicyclic) bond motifs is 1. The number of carbonyl (C=O) groups excluding carboxylic acids is 2. The van der Waals surface area contributed by atoms with E-state index in [0.717, 1.165) is 16.3 Å². The van der Waals surface area contributed by atoms with Crippen molar-refractivity contribution >= 4 is 28.8 Å². The van der Waals surface area contributed by atoms with Gasteiger partial charge in [-0.05, 0) is 22.4 Å². The number of benzene rings is 2. The Balaban J connectivity index is 1.86. The van der Waals surface area contributed by atoms with Crippen LogP contribution in [0.15, 0.2) is 60.2 Å². The monoisotopic (exact) mass is 322 g/mol. The molecule has 0 aliphatic carbocycles. The summed E-state index contributed by atoms with van der Waals surface area (Å²) in [5.41, 5.74) is 0.901. The third-order valence-corrected chi connectivity index (χ3v) is 4.06. The van der Waals surface area contributed by atoms with Gasteiger partial charge in [0.1, 0.15) is 5.57 Å². The fourth-order valence-electron chi connectivity index (χ4n) is 2.53. The first-order chi connectivity index (χ1) is 11.5. The lowest BCUT2D eigenvalue weighted by molar-refractivity contribution is -0.229. The van der Waals surface area contributed by atoms with Gasteiger partial charge in [-0.2, -0.15) is 0 Å². The molecule has 0 amide bonds. The van der Waals surface area contributed by atoms with Crippen LogP contribution in [0.3, 0.4) is 0 Å². The molecule has 3 rings (SSSR count). The van der Waals surface area contributed by atoms with Crippen molar-refractivity contribution in [2.45, 2.75) is 26.1 Å². The highest BCUT2D eigenvalue weighted by molar-refractivity contribution is 6.15. The number of cyclic esters (lactones) is 2. The molecule has 1 fully saturated rings. The zero-order valence-corrected chi connectivity index (χ0v) is 13.6. The summed E-state index contributed by atoms with van der Waals surface area (Å²) in [6.45, 7) is 3.36. The third-order valence-electron chi connectivity index (χ3n) is 4.06. The van der Waals surface area contributed by atoms with Crippen molar-refractivity contribution in [1.82, 2.24) is 0 Å². The Hall–Kier alpha value is -2.88. The molecule has 24 heavy (non-hydrogen) atoms. The summed E-state index contributed by atoms with van der Waals surface area (Å²) >= 11 is 0. The fraction of sp³-hybridized carbons (Fsp3) is 0.200. The van der Waals surface area contributed by atoms with Crippen LogP contribution in [-0.4, -0.2) is 17.7 Å². The van der Waals surface area contributed by atoms with E-state index < -0.39 is 17.7 Å². The second-order valence-electron chi connectivity index (χ2n) is 5.77. The van der Waals surface area contributed by atoms with E-state index in [0.29, 0.717) is 6.42 Å². The molecule has 4 heteroatoms. The molecule has 0 aromatic heterocycles. The Kier molecular flexibility index (Phi) is 4.21.